The molecule has 0 spiro atoms. The Morgan fingerprint density at radius 1 is 1.28 bits per heavy atom. The number of ether oxygens (including phenoxy) is 1. The number of hydrogen-bond donors (Lipinski definition) is 1. The largest absolute Gasteiger partial charge is 0.489 e. The first-order valence-electron chi connectivity index (χ1n) is 4.95. The minimum absolute atomic E-state index is 0.00376. The summed E-state index contributed by atoms with van der Waals surface area (Å²) in [5.41, 5.74) is 0.497. The average Bonchev–Trinajstić information content (AvgIpc) is 2.79. The molecule has 0 aliphatic carbocycles. The van der Waals surface area contributed by atoms with Crippen molar-refractivity contribution in [3.05, 3.63) is 51.7 Å². The molecule has 0 fully saturated rings. The molecule has 0 bridgehead atoms. The zero-order valence-electron chi connectivity index (χ0n) is 9.02. The lowest BCUT2D eigenvalue weighted by atomic mass is 10.2. The number of rotatable bonds is 4. The Morgan fingerprint density at radius 3 is 2.72 bits per heavy atom. The zero-order valence-corrected chi connectivity index (χ0v) is 9.84. The van der Waals surface area contributed by atoms with Crippen molar-refractivity contribution in [3.63, 3.8) is 0 Å². The normalized spacial score (nSPS) is 10.3. The summed E-state index contributed by atoms with van der Waals surface area (Å²) in [6, 6.07) is 4.78. The maximum absolute atomic E-state index is 12.9. The van der Waals surface area contributed by atoms with Crippen molar-refractivity contribution in [2.24, 2.45) is 0 Å². The number of aromatic carboxylic acids is 1. The molecule has 0 aliphatic rings. The molecule has 2 rings (SSSR count). The maximum Gasteiger partial charge on any atom is 0.346 e. The summed E-state index contributed by atoms with van der Waals surface area (Å²) in [6.07, 6.45) is 0. The van der Waals surface area contributed by atoms with E-state index in [0.29, 0.717) is 5.56 Å². The van der Waals surface area contributed by atoms with Crippen LogP contribution in [0.3, 0.4) is 0 Å². The fraction of sp³-hybridized carbons (Fsp3) is 0.0833. The van der Waals surface area contributed by atoms with Crippen LogP contribution in [-0.2, 0) is 6.61 Å². The second-order valence-electron chi connectivity index (χ2n) is 3.44. The molecule has 6 heteroatoms. The van der Waals surface area contributed by atoms with E-state index in [1.165, 1.54) is 6.07 Å². The second kappa shape index (κ2) is 5.14. The molecular weight excluding hydrogens is 262 g/mol. The Hall–Kier alpha value is -1.95. The van der Waals surface area contributed by atoms with Gasteiger partial charge in [0.25, 0.3) is 0 Å². The van der Waals surface area contributed by atoms with Gasteiger partial charge in [0.05, 0.1) is 0 Å². The molecule has 0 amide bonds. The van der Waals surface area contributed by atoms with Crippen LogP contribution in [-0.4, -0.2) is 11.1 Å². The van der Waals surface area contributed by atoms with Crippen LogP contribution in [0.15, 0.2) is 29.6 Å². The van der Waals surface area contributed by atoms with Gasteiger partial charge in [-0.15, -0.1) is 11.3 Å². The topological polar surface area (TPSA) is 46.5 Å². The van der Waals surface area contributed by atoms with Gasteiger partial charge in [0, 0.05) is 11.6 Å². The van der Waals surface area contributed by atoms with Crippen molar-refractivity contribution in [3.8, 4) is 5.75 Å². The number of carbonyl (C=O) groups is 1. The molecule has 0 atom stereocenters. The highest BCUT2D eigenvalue weighted by atomic mass is 32.1. The highest BCUT2D eigenvalue weighted by Gasteiger charge is 2.12. The highest BCUT2D eigenvalue weighted by molar-refractivity contribution is 7.12. The number of thiophene rings is 1. The first kappa shape index (κ1) is 12.5. The van der Waals surface area contributed by atoms with Gasteiger partial charge < -0.3 is 9.84 Å². The van der Waals surface area contributed by atoms with E-state index in [2.05, 4.69) is 0 Å². The number of benzene rings is 1. The van der Waals surface area contributed by atoms with E-state index in [-0.39, 0.29) is 17.2 Å². The average molecular weight is 270 g/mol. The molecule has 0 radical (unpaired) electrons. The monoisotopic (exact) mass is 270 g/mol. The standard InChI is InChI=1S/C12H8F2O3S/c13-9-2-1-8(5-10(9)14)17-6-7-3-4-18-11(7)12(15)16/h1-5H,6H2,(H,15,16). The molecular formula is C12H8F2O3S. The van der Waals surface area contributed by atoms with Crippen molar-refractivity contribution in [2.75, 3.05) is 0 Å². The van der Waals surface area contributed by atoms with Crippen LogP contribution in [0.4, 0.5) is 8.78 Å². The predicted octanol–water partition coefficient (Wildman–Crippen LogP) is 3.30. The third-order valence-electron chi connectivity index (χ3n) is 2.23. The van der Waals surface area contributed by atoms with E-state index in [0.717, 1.165) is 23.5 Å². The fourth-order valence-corrected chi connectivity index (χ4v) is 2.11. The van der Waals surface area contributed by atoms with Crippen molar-refractivity contribution in [1.82, 2.24) is 0 Å². The highest BCUT2D eigenvalue weighted by Crippen LogP contribution is 2.21. The van der Waals surface area contributed by atoms with Gasteiger partial charge in [0.1, 0.15) is 17.2 Å². The summed E-state index contributed by atoms with van der Waals surface area (Å²) < 4.78 is 30.8. The molecule has 1 heterocycles. The van der Waals surface area contributed by atoms with E-state index < -0.39 is 17.6 Å². The van der Waals surface area contributed by atoms with Gasteiger partial charge in [0.2, 0.25) is 0 Å². The van der Waals surface area contributed by atoms with Crippen molar-refractivity contribution < 1.29 is 23.4 Å². The van der Waals surface area contributed by atoms with Crippen LogP contribution >= 0.6 is 11.3 Å². The number of hydrogen-bond acceptors (Lipinski definition) is 3. The Bertz CT molecular complexity index is 580. The minimum Gasteiger partial charge on any atom is -0.489 e. The van der Waals surface area contributed by atoms with Crippen molar-refractivity contribution >= 4 is 17.3 Å². The molecule has 0 saturated carbocycles. The first-order valence-corrected chi connectivity index (χ1v) is 5.83. The number of carboxylic acids is 1. The van der Waals surface area contributed by atoms with Gasteiger partial charge in [-0.3, -0.25) is 0 Å². The lowest BCUT2D eigenvalue weighted by molar-refractivity contribution is 0.0699. The Kier molecular flexibility index (Phi) is 3.57. The molecule has 3 nitrogen and oxygen atoms in total. The predicted molar refractivity (Wildman–Crippen MR) is 62.0 cm³/mol. The molecule has 2 aromatic rings. The van der Waals surface area contributed by atoms with Gasteiger partial charge in [-0.25, -0.2) is 13.6 Å². The molecule has 0 saturated heterocycles. The van der Waals surface area contributed by atoms with Gasteiger partial charge >= 0.3 is 5.97 Å². The Labute approximate surface area is 105 Å². The quantitative estimate of drug-likeness (QED) is 0.927. The number of carboxylic acid groups (broad SMARTS) is 1. The van der Waals surface area contributed by atoms with E-state index in [4.69, 9.17) is 9.84 Å². The van der Waals surface area contributed by atoms with Crippen LogP contribution in [0.1, 0.15) is 15.2 Å². The molecule has 18 heavy (non-hydrogen) atoms. The van der Waals surface area contributed by atoms with Gasteiger partial charge in [0.15, 0.2) is 11.6 Å². The molecule has 0 unspecified atom stereocenters. The lowest BCUT2D eigenvalue weighted by Gasteiger charge is -2.06. The summed E-state index contributed by atoms with van der Waals surface area (Å²) in [5, 5.41) is 10.5. The SMILES string of the molecule is O=C(O)c1sccc1COc1ccc(F)c(F)c1. The zero-order chi connectivity index (χ0) is 13.1. The molecule has 1 N–H and O–H groups in total. The maximum atomic E-state index is 12.9. The van der Waals surface area contributed by atoms with E-state index in [1.54, 1.807) is 11.4 Å². The third-order valence-corrected chi connectivity index (χ3v) is 3.17. The molecule has 1 aromatic carbocycles. The summed E-state index contributed by atoms with van der Waals surface area (Å²) in [7, 11) is 0. The Balaban J connectivity index is 2.09. The third kappa shape index (κ3) is 2.65. The van der Waals surface area contributed by atoms with Crippen LogP contribution in [0, 0.1) is 11.6 Å². The van der Waals surface area contributed by atoms with Crippen molar-refractivity contribution in [1.29, 1.82) is 0 Å². The Morgan fingerprint density at radius 2 is 2.06 bits per heavy atom. The first-order chi connectivity index (χ1) is 8.58. The van der Waals surface area contributed by atoms with Crippen LogP contribution in [0.2, 0.25) is 0 Å². The fourth-order valence-electron chi connectivity index (χ4n) is 1.36. The smallest absolute Gasteiger partial charge is 0.346 e. The van der Waals surface area contributed by atoms with Gasteiger partial charge in [-0.1, -0.05) is 0 Å². The van der Waals surface area contributed by atoms with Gasteiger partial charge in [-0.2, -0.15) is 0 Å². The van der Waals surface area contributed by atoms with Crippen molar-refractivity contribution in [2.45, 2.75) is 6.61 Å². The van der Waals surface area contributed by atoms with Crippen LogP contribution < -0.4 is 4.74 Å². The minimum atomic E-state index is -1.03. The summed E-state index contributed by atoms with van der Waals surface area (Å²) >= 11 is 1.08. The molecule has 1 aromatic heterocycles. The van der Waals surface area contributed by atoms with Crippen LogP contribution in [0.25, 0.3) is 0 Å². The molecule has 0 aliphatic heterocycles. The van der Waals surface area contributed by atoms with E-state index >= 15 is 0 Å². The molecule has 94 valence electrons. The lowest BCUT2D eigenvalue weighted by Crippen LogP contribution is -2.02. The summed E-state index contributed by atoms with van der Waals surface area (Å²) in [5.74, 6) is -2.84. The number of halogens is 2. The second-order valence-corrected chi connectivity index (χ2v) is 4.36. The van der Waals surface area contributed by atoms with Gasteiger partial charge in [-0.05, 0) is 23.6 Å². The van der Waals surface area contributed by atoms with Crippen LogP contribution in [0.5, 0.6) is 5.75 Å². The van der Waals surface area contributed by atoms with E-state index in [1.807, 2.05) is 0 Å². The summed E-state index contributed by atoms with van der Waals surface area (Å²) in [6.45, 7) is -0.00376. The van der Waals surface area contributed by atoms with E-state index in [9.17, 15) is 13.6 Å². The summed E-state index contributed by atoms with van der Waals surface area (Å²) in [4.78, 5) is 11.0.